The Hall–Kier alpha value is -1.62. The molecule has 0 aliphatic rings. The van der Waals surface area contributed by atoms with E-state index in [4.69, 9.17) is 0 Å². The highest BCUT2D eigenvalue weighted by atomic mass is 32.1. The van der Waals surface area contributed by atoms with E-state index in [2.05, 4.69) is 52.0 Å². The molecule has 0 amide bonds. The largest absolute Gasteiger partial charge is 0.373 e. The molecule has 0 fully saturated rings. The number of nitrogens with zero attached hydrogens (tertiary/aromatic N) is 2. The standard InChI is InChI=1S/C14H20N4S/c1-4-12-17-13(15-3)9-14(18-12)16-10(2)8-11-6-5-7-19-11/h5-7,9-10H,4,8H2,1-3H3,(H2,15,16,17,18). The topological polar surface area (TPSA) is 49.8 Å². The molecule has 0 aliphatic carbocycles. The predicted octanol–water partition coefficient (Wildman–Crippen LogP) is 3.19. The van der Waals surface area contributed by atoms with Gasteiger partial charge in [-0.1, -0.05) is 13.0 Å². The van der Waals surface area contributed by atoms with Crippen molar-refractivity contribution in [3.8, 4) is 0 Å². The number of aryl methyl sites for hydroxylation is 1. The zero-order valence-electron chi connectivity index (χ0n) is 11.6. The van der Waals surface area contributed by atoms with Crippen LogP contribution < -0.4 is 10.6 Å². The molecule has 19 heavy (non-hydrogen) atoms. The van der Waals surface area contributed by atoms with Crippen LogP contribution in [-0.2, 0) is 12.8 Å². The van der Waals surface area contributed by atoms with Crippen molar-refractivity contribution in [2.75, 3.05) is 17.7 Å². The van der Waals surface area contributed by atoms with Gasteiger partial charge in [-0.15, -0.1) is 11.3 Å². The number of aromatic nitrogens is 2. The summed E-state index contributed by atoms with van der Waals surface area (Å²) in [5.74, 6) is 2.61. The molecule has 0 bridgehead atoms. The van der Waals surface area contributed by atoms with E-state index in [1.54, 1.807) is 11.3 Å². The molecule has 1 unspecified atom stereocenters. The summed E-state index contributed by atoms with van der Waals surface area (Å²) >= 11 is 1.79. The Morgan fingerprint density at radius 2 is 2.11 bits per heavy atom. The second-order valence-electron chi connectivity index (χ2n) is 4.49. The van der Waals surface area contributed by atoms with E-state index in [0.717, 1.165) is 30.3 Å². The van der Waals surface area contributed by atoms with Crippen LogP contribution >= 0.6 is 11.3 Å². The van der Waals surface area contributed by atoms with E-state index in [0.29, 0.717) is 6.04 Å². The summed E-state index contributed by atoms with van der Waals surface area (Å²) in [6.45, 7) is 4.24. The highest BCUT2D eigenvalue weighted by molar-refractivity contribution is 7.09. The third-order valence-electron chi connectivity index (χ3n) is 2.83. The Bertz CT molecular complexity index is 488. The third kappa shape index (κ3) is 3.92. The average Bonchev–Trinajstić information content (AvgIpc) is 2.90. The first-order valence-electron chi connectivity index (χ1n) is 6.56. The summed E-state index contributed by atoms with van der Waals surface area (Å²) in [7, 11) is 1.88. The normalized spacial score (nSPS) is 12.2. The lowest BCUT2D eigenvalue weighted by Crippen LogP contribution is -2.19. The van der Waals surface area contributed by atoms with Gasteiger partial charge in [0.1, 0.15) is 17.5 Å². The van der Waals surface area contributed by atoms with Gasteiger partial charge in [0.25, 0.3) is 0 Å². The van der Waals surface area contributed by atoms with Gasteiger partial charge in [-0.25, -0.2) is 9.97 Å². The van der Waals surface area contributed by atoms with Crippen LogP contribution in [0.4, 0.5) is 11.6 Å². The summed E-state index contributed by atoms with van der Waals surface area (Å²) in [6, 6.07) is 6.55. The van der Waals surface area contributed by atoms with Crippen molar-refractivity contribution >= 4 is 23.0 Å². The molecule has 0 saturated heterocycles. The molecule has 0 aromatic carbocycles. The van der Waals surface area contributed by atoms with Crippen LogP contribution in [-0.4, -0.2) is 23.1 Å². The fraction of sp³-hybridized carbons (Fsp3) is 0.429. The van der Waals surface area contributed by atoms with Crippen LogP contribution in [0.2, 0.25) is 0 Å². The summed E-state index contributed by atoms with van der Waals surface area (Å²) < 4.78 is 0. The van der Waals surface area contributed by atoms with Crippen molar-refractivity contribution < 1.29 is 0 Å². The molecule has 102 valence electrons. The monoisotopic (exact) mass is 276 g/mol. The zero-order valence-corrected chi connectivity index (χ0v) is 12.4. The maximum atomic E-state index is 4.51. The maximum Gasteiger partial charge on any atom is 0.132 e. The number of thiophene rings is 1. The molecule has 0 aliphatic heterocycles. The number of hydrogen-bond acceptors (Lipinski definition) is 5. The fourth-order valence-electron chi connectivity index (χ4n) is 1.89. The summed E-state index contributed by atoms with van der Waals surface area (Å²) in [4.78, 5) is 10.3. The zero-order chi connectivity index (χ0) is 13.7. The van der Waals surface area contributed by atoms with E-state index >= 15 is 0 Å². The second-order valence-corrected chi connectivity index (χ2v) is 5.52. The van der Waals surface area contributed by atoms with E-state index in [-0.39, 0.29) is 0 Å². The minimum Gasteiger partial charge on any atom is -0.373 e. The van der Waals surface area contributed by atoms with Gasteiger partial charge in [0.15, 0.2) is 0 Å². The maximum absolute atomic E-state index is 4.51. The summed E-state index contributed by atoms with van der Waals surface area (Å²) in [5.41, 5.74) is 0. The van der Waals surface area contributed by atoms with E-state index in [1.807, 2.05) is 13.1 Å². The van der Waals surface area contributed by atoms with Crippen molar-refractivity contribution in [2.45, 2.75) is 32.7 Å². The Labute approximate surface area is 118 Å². The first-order chi connectivity index (χ1) is 9.21. The number of nitrogens with one attached hydrogen (secondary N) is 2. The van der Waals surface area contributed by atoms with Crippen molar-refractivity contribution in [1.29, 1.82) is 0 Å². The van der Waals surface area contributed by atoms with Crippen LogP contribution in [0.3, 0.4) is 0 Å². The van der Waals surface area contributed by atoms with Gasteiger partial charge in [0.2, 0.25) is 0 Å². The molecule has 4 nitrogen and oxygen atoms in total. The van der Waals surface area contributed by atoms with Gasteiger partial charge in [0, 0.05) is 36.9 Å². The lowest BCUT2D eigenvalue weighted by Gasteiger charge is -2.15. The van der Waals surface area contributed by atoms with Crippen LogP contribution in [0, 0.1) is 0 Å². The van der Waals surface area contributed by atoms with Gasteiger partial charge in [0.05, 0.1) is 0 Å². The smallest absolute Gasteiger partial charge is 0.132 e. The Morgan fingerprint density at radius 3 is 2.74 bits per heavy atom. The van der Waals surface area contributed by atoms with Crippen LogP contribution in [0.1, 0.15) is 24.5 Å². The molecular formula is C14H20N4S. The van der Waals surface area contributed by atoms with Gasteiger partial charge in [-0.2, -0.15) is 0 Å². The molecule has 2 aromatic rings. The van der Waals surface area contributed by atoms with Gasteiger partial charge in [-0.3, -0.25) is 0 Å². The minimum absolute atomic E-state index is 0.350. The lowest BCUT2D eigenvalue weighted by molar-refractivity contribution is 0.789. The minimum atomic E-state index is 0.350. The first-order valence-corrected chi connectivity index (χ1v) is 7.44. The molecule has 2 N–H and O–H groups in total. The third-order valence-corrected chi connectivity index (χ3v) is 3.73. The molecule has 0 saturated carbocycles. The molecular weight excluding hydrogens is 256 g/mol. The van der Waals surface area contributed by atoms with Gasteiger partial charge in [-0.05, 0) is 18.4 Å². The SMILES string of the molecule is CCc1nc(NC)cc(NC(C)Cc2cccs2)n1. The summed E-state index contributed by atoms with van der Waals surface area (Å²) in [6.07, 6.45) is 1.85. The second kappa shape index (κ2) is 6.52. The quantitative estimate of drug-likeness (QED) is 0.851. The highest BCUT2D eigenvalue weighted by Crippen LogP contribution is 2.16. The Balaban J connectivity index is 2.05. The molecule has 2 aromatic heterocycles. The average molecular weight is 276 g/mol. The van der Waals surface area contributed by atoms with Crippen LogP contribution in [0.5, 0.6) is 0 Å². The lowest BCUT2D eigenvalue weighted by atomic mass is 10.2. The van der Waals surface area contributed by atoms with Gasteiger partial charge >= 0.3 is 0 Å². The predicted molar refractivity (Wildman–Crippen MR) is 82.1 cm³/mol. The van der Waals surface area contributed by atoms with Gasteiger partial charge < -0.3 is 10.6 Å². The molecule has 5 heteroatoms. The van der Waals surface area contributed by atoms with Crippen LogP contribution in [0.25, 0.3) is 0 Å². The fourth-order valence-corrected chi connectivity index (χ4v) is 2.73. The van der Waals surface area contributed by atoms with Crippen molar-refractivity contribution in [3.63, 3.8) is 0 Å². The van der Waals surface area contributed by atoms with Crippen molar-refractivity contribution in [3.05, 3.63) is 34.3 Å². The van der Waals surface area contributed by atoms with Crippen LogP contribution in [0.15, 0.2) is 23.6 Å². The Morgan fingerprint density at radius 1 is 1.32 bits per heavy atom. The van der Waals surface area contributed by atoms with Crippen molar-refractivity contribution in [1.82, 2.24) is 9.97 Å². The van der Waals surface area contributed by atoms with Crippen molar-refractivity contribution in [2.24, 2.45) is 0 Å². The van der Waals surface area contributed by atoms with E-state index in [9.17, 15) is 0 Å². The molecule has 1 atom stereocenters. The molecule has 2 rings (SSSR count). The number of anilines is 2. The summed E-state index contributed by atoms with van der Waals surface area (Å²) in [5, 5.41) is 8.63. The first kappa shape index (κ1) is 13.8. The molecule has 0 spiro atoms. The van der Waals surface area contributed by atoms with E-state index in [1.165, 1.54) is 4.88 Å². The highest BCUT2D eigenvalue weighted by Gasteiger charge is 2.07. The molecule has 2 heterocycles. The van der Waals surface area contributed by atoms with E-state index < -0.39 is 0 Å². The number of rotatable bonds is 6. The number of hydrogen-bond donors (Lipinski definition) is 2. The molecule has 0 radical (unpaired) electrons. The Kier molecular flexibility index (Phi) is 4.74.